The van der Waals surface area contributed by atoms with Gasteiger partial charge >= 0.3 is 12.1 Å². The molecule has 6 heteroatoms. The first-order valence-corrected chi connectivity index (χ1v) is 8.47. The molecule has 2 N–H and O–H groups in total. The number of carbonyl (C=O) groups excluding carboxylic acids is 2. The fraction of sp³-hybridized carbons (Fsp3) is 0.263. The highest BCUT2D eigenvalue weighted by atomic mass is 16.2. The lowest BCUT2D eigenvalue weighted by atomic mass is 10.0. The molecule has 128 valence electrons. The van der Waals surface area contributed by atoms with Crippen LogP contribution in [0.4, 0.5) is 21.0 Å². The first-order chi connectivity index (χ1) is 12.2. The monoisotopic (exact) mass is 336 g/mol. The summed E-state index contributed by atoms with van der Waals surface area (Å²) in [5, 5.41) is 5.82. The average molecular weight is 336 g/mol. The predicted molar refractivity (Wildman–Crippen MR) is 96.9 cm³/mol. The number of nitrogens with one attached hydrogen (secondary N) is 2. The number of hydrogen-bond acceptors (Lipinski definition) is 2. The maximum Gasteiger partial charge on any atom is 0.321 e. The first kappa shape index (κ1) is 15.5. The van der Waals surface area contributed by atoms with E-state index in [0.717, 1.165) is 55.1 Å². The van der Waals surface area contributed by atoms with Gasteiger partial charge < -0.3 is 20.4 Å². The lowest BCUT2D eigenvalue weighted by molar-refractivity contribution is 0.241. The van der Waals surface area contributed by atoms with Crippen molar-refractivity contribution in [3.8, 4) is 0 Å². The summed E-state index contributed by atoms with van der Waals surface area (Å²) in [6, 6.07) is 15.6. The second-order valence-corrected chi connectivity index (χ2v) is 6.41. The van der Waals surface area contributed by atoms with E-state index in [0.29, 0.717) is 0 Å². The molecule has 2 saturated heterocycles. The van der Waals surface area contributed by atoms with Gasteiger partial charge in [-0.15, -0.1) is 0 Å². The van der Waals surface area contributed by atoms with E-state index in [1.165, 1.54) is 0 Å². The van der Waals surface area contributed by atoms with Crippen LogP contribution in [0.15, 0.2) is 48.5 Å². The minimum absolute atomic E-state index is 0.0445. The standard InChI is InChI=1S/C19H20N4O2/c24-18(22-7-8-22)20-16-5-1-3-14(12-16)11-15-4-2-6-17(13-15)21-19(25)23-9-10-23/h1-6,12-13H,7-11H2,(H,20,24)(H,21,25). The van der Waals surface area contributed by atoms with Gasteiger partial charge in [0.05, 0.1) is 0 Å². The van der Waals surface area contributed by atoms with Gasteiger partial charge in [-0.05, 0) is 41.8 Å². The molecule has 2 aromatic rings. The van der Waals surface area contributed by atoms with Crippen LogP contribution in [0.3, 0.4) is 0 Å². The zero-order valence-electron chi connectivity index (χ0n) is 13.9. The van der Waals surface area contributed by atoms with Crippen molar-refractivity contribution in [2.75, 3.05) is 36.8 Å². The van der Waals surface area contributed by atoms with Crippen LogP contribution in [0, 0.1) is 0 Å². The van der Waals surface area contributed by atoms with Crippen LogP contribution >= 0.6 is 0 Å². The largest absolute Gasteiger partial charge is 0.321 e. The predicted octanol–water partition coefficient (Wildman–Crippen LogP) is 2.97. The number of urea groups is 2. The molecule has 0 aromatic heterocycles. The number of amides is 4. The molecule has 2 fully saturated rings. The van der Waals surface area contributed by atoms with Crippen LogP contribution in [0.25, 0.3) is 0 Å². The molecule has 0 atom stereocenters. The number of rotatable bonds is 4. The Morgan fingerprint density at radius 3 is 1.60 bits per heavy atom. The molecule has 2 aromatic carbocycles. The summed E-state index contributed by atoms with van der Waals surface area (Å²) < 4.78 is 0. The van der Waals surface area contributed by atoms with Crippen LogP contribution in [0.5, 0.6) is 0 Å². The van der Waals surface area contributed by atoms with Gasteiger partial charge in [-0.2, -0.15) is 0 Å². The maximum absolute atomic E-state index is 11.8. The van der Waals surface area contributed by atoms with Gasteiger partial charge in [0, 0.05) is 37.6 Å². The minimum atomic E-state index is -0.0445. The summed E-state index contributed by atoms with van der Waals surface area (Å²) in [5.41, 5.74) is 3.83. The molecule has 0 saturated carbocycles. The average Bonchev–Trinajstić information content (AvgIpc) is 3.49. The molecule has 4 rings (SSSR count). The fourth-order valence-electron chi connectivity index (χ4n) is 2.67. The second-order valence-electron chi connectivity index (χ2n) is 6.41. The first-order valence-electron chi connectivity index (χ1n) is 8.47. The lowest BCUT2D eigenvalue weighted by Crippen LogP contribution is -2.18. The van der Waals surface area contributed by atoms with E-state index >= 15 is 0 Å². The highest BCUT2D eigenvalue weighted by Crippen LogP contribution is 2.19. The van der Waals surface area contributed by atoms with Crippen molar-refractivity contribution in [2.24, 2.45) is 0 Å². The lowest BCUT2D eigenvalue weighted by Gasteiger charge is -2.10. The normalized spacial score (nSPS) is 14.9. The highest BCUT2D eigenvalue weighted by molar-refractivity contribution is 5.91. The molecule has 2 aliphatic heterocycles. The minimum Gasteiger partial charge on any atom is -0.321 e. The van der Waals surface area contributed by atoms with Crippen molar-refractivity contribution < 1.29 is 9.59 Å². The highest BCUT2D eigenvalue weighted by Gasteiger charge is 2.24. The van der Waals surface area contributed by atoms with Gasteiger partial charge in [-0.25, -0.2) is 9.59 Å². The van der Waals surface area contributed by atoms with Crippen molar-refractivity contribution in [3.05, 3.63) is 59.7 Å². The van der Waals surface area contributed by atoms with Gasteiger partial charge in [-0.3, -0.25) is 0 Å². The zero-order valence-corrected chi connectivity index (χ0v) is 13.9. The van der Waals surface area contributed by atoms with Gasteiger partial charge in [0.15, 0.2) is 0 Å². The van der Waals surface area contributed by atoms with Crippen molar-refractivity contribution in [3.63, 3.8) is 0 Å². The number of carbonyl (C=O) groups is 2. The van der Waals surface area contributed by atoms with Gasteiger partial charge in [0.25, 0.3) is 0 Å². The number of benzene rings is 2. The molecule has 0 spiro atoms. The Bertz CT molecular complexity index is 745. The SMILES string of the molecule is O=C(Nc1cccc(Cc2cccc(NC(=O)N3CC3)c2)c1)N1CC1. The van der Waals surface area contributed by atoms with Gasteiger partial charge in [-0.1, -0.05) is 24.3 Å². The van der Waals surface area contributed by atoms with Gasteiger partial charge in [0.1, 0.15) is 0 Å². The number of hydrogen-bond donors (Lipinski definition) is 2. The summed E-state index contributed by atoms with van der Waals surface area (Å²) in [6.45, 7) is 3.34. The van der Waals surface area contributed by atoms with Crippen LogP contribution in [0.2, 0.25) is 0 Å². The topological polar surface area (TPSA) is 64.2 Å². The molecule has 4 amide bonds. The van der Waals surface area contributed by atoms with E-state index < -0.39 is 0 Å². The molecule has 25 heavy (non-hydrogen) atoms. The van der Waals surface area contributed by atoms with Crippen LogP contribution in [0.1, 0.15) is 11.1 Å². The summed E-state index contributed by atoms with van der Waals surface area (Å²) in [4.78, 5) is 27.1. The molecule has 2 aliphatic rings. The van der Waals surface area contributed by atoms with Crippen molar-refractivity contribution in [2.45, 2.75) is 6.42 Å². The maximum atomic E-state index is 11.8. The van der Waals surface area contributed by atoms with Crippen molar-refractivity contribution in [1.29, 1.82) is 0 Å². The Morgan fingerprint density at radius 2 is 1.20 bits per heavy atom. The Morgan fingerprint density at radius 1 is 0.760 bits per heavy atom. The Hall–Kier alpha value is -3.02. The zero-order chi connectivity index (χ0) is 17.2. The van der Waals surface area contributed by atoms with Crippen molar-refractivity contribution in [1.82, 2.24) is 9.80 Å². The molecular formula is C19H20N4O2. The number of nitrogens with zero attached hydrogens (tertiary/aromatic N) is 2. The molecule has 0 unspecified atom stereocenters. The molecule has 0 radical (unpaired) electrons. The molecule has 0 aliphatic carbocycles. The van der Waals surface area contributed by atoms with Crippen LogP contribution in [-0.2, 0) is 6.42 Å². The second kappa shape index (κ2) is 6.47. The quantitative estimate of drug-likeness (QED) is 0.843. The van der Waals surface area contributed by atoms with Gasteiger partial charge in [0.2, 0.25) is 0 Å². The van der Waals surface area contributed by atoms with E-state index in [1.54, 1.807) is 9.80 Å². The Labute approximate surface area is 146 Å². The van der Waals surface area contributed by atoms with Crippen LogP contribution < -0.4 is 10.6 Å². The summed E-state index contributed by atoms with van der Waals surface area (Å²) in [7, 11) is 0. The van der Waals surface area contributed by atoms with Crippen molar-refractivity contribution >= 4 is 23.4 Å². The molecular weight excluding hydrogens is 316 g/mol. The molecule has 6 nitrogen and oxygen atoms in total. The third-order valence-electron chi connectivity index (χ3n) is 4.23. The number of anilines is 2. The smallest absolute Gasteiger partial charge is 0.321 e. The summed E-state index contributed by atoms with van der Waals surface area (Å²) in [5.74, 6) is 0. The van der Waals surface area contributed by atoms with E-state index in [-0.39, 0.29) is 12.1 Å². The molecule has 2 heterocycles. The summed E-state index contributed by atoms with van der Waals surface area (Å²) in [6.07, 6.45) is 0.737. The Balaban J connectivity index is 1.42. The Kier molecular flexibility index (Phi) is 4.01. The molecule has 0 bridgehead atoms. The third-order valence-corrected chi connectivity index (χ3v) is 4.23. The van der Waals surface area contributed by atoms with E-state index in [1.807, 2.05) is 48.5 Å². The van der Waals surface area contributed by atoms with E-state index in [9.17, 15) is 9.59 Å². The van der Waals surface area contributed by atoms with E-state index in [4.69, 9.17) is 0 Å². The third kappa shape index (κ3) is 4.09. The fourth-order valence-corrected chi connectivity index (χ4v) is 2.67. The van der Waals surface area contributed by atoms with E-state index in [2.05, 4.69) is 10.6 Å². The van der Waals surface area contributed by atoms with Crippen LogP contribution in [-0.4, -0.2) is 48.0 Å². The summed E-state index contributed by atoms with van der Waals surface area (Å²) >= 11 is 0.